The van der Waals surface area contributed by atoms with Crippen LogP contribution < -0.4 is 16.0 Å². The van der Waals surface area contributed by atoms with E-state index in [-0.39, 0.29) is 16.1 Å². The lowest BCUT2D eigenvalue weighted by atomic mass is 10.2. The monoisotopic (exact) mass is 458 g/mol. The van der Waals surface area contributed by atoms with Crippen LogP contribution in [0.25, 0.3) is 5.69 Å². The number of nitrogens with zero attached hydrogens (tertiary/aromatic N) is 2. The van der Waals surface area contributed by atoms with Crippen molar-refractivity contribution in [2.75, 3.05) is 5.32 Å². The summed E-state index contributed by atoms with van der Waals surface area (Å²) in [6.45, 7) is 3.04. The van der Waals surface area contributed by atoms with E-state index in [2.05, 4.69) is 5.32 Å². The van der Waals surface area contributed by atoms with Gasteiger partial charge in [-0.1, -0.05) is 18.2 Å². The van der Waals surface area contributed by atoms with Gasteiger partial charge in [0.1, 0.15) is 5.69 Å². The van der Waals surface area contributed by atoms with Crippen LogP contribution in [-0.2, 0) is 26.6 Å². The van der Waals surface area contributed by atoms with Crippen LogP contribution in [0.3, 0.4) is 0 Å². The number of carbonyl (C=O) groups is 2. The molecule has 10 nitrogen and oxygen atoms in total. The summed E-state index contributed by atoms with van der Waals surface area (Å²) < 4.78 is 30.8. The molecule has 0 fully saturated rings. The molecule has 0 aliphatic rings. The van der Waals surface area contributed by atoms with Crippen molar-refractivity contribution in [1.29, 1.82) is 0 Å². The highest BCUT2D eigenvalue weighted by Gasteiger charge is 2.24. The number of hydrogen-bond acceptors (Lipinski definition) is 6. The van der Waals surface area contributed by atoms with Crippen LogP contribution in [0.15, 0.2) is 64.3 Å². The first-order chi connectivity index (χ1) is 15.0. The summed E-state index contributed by atoms with van der Waals surface area (Å²) in [6, 6.07) is 13.7. The molecule has 2 aromatic carbocycles. The average molecular weight is 458 g/mol. The van der Waals surface area contributed by atoms with Crippen LogP contribution in [0.4, 0.5) is 5.69 Å². The highest BCUT2D eigenvalue weighted by Crippen LogP contribution is 2.15. The number of hydrogen-bond donors (Lipinski definition) is 2. The summed E-state index contributed by atoms with van der Waals surface area (Å²) in [6.07, 6.45) is -1.22. The van der Waals surface area contributed by atoms with E-state index < -0.39 is 33.6 Å². The molecule has 1 unspecified atom stereocenters. The summed E-state index contributed by atoms with van der Waals surface area (Å²) in [5.41, 5.74) is 0.832. The first kappa shape index (κ1) is 23.0. The molecule has 168 valence electrons. The maximum absolute atomic E-state index is 12.9. The molecule has 1 amide bonds. The summed E-state index contributed by atoms with van der Waals surface area (Å²) >= 11 is 0. The Hall–Kier alpha value is -3.70. The van der Waals surface area contributed by atoms with E-state index in [4.69, 9.17) is 9.88 Å². The molecular formula is C21H22N4O6S. The Labute approximate surface area is 184 Å². The number of para-hydroxylation sites is 1. The highest BCUT2D eigenvalue weighted by atomic mass is 32.2. The van der Waals surface area contributed by atoms with Crippen molar-refractivity contribution in [2.24, 2.45) is 12.2 Å². The summed E-state index contributed by atoms with van der Waals surface area (Å²) in [4.78, 5) is 37.6. The van der Waals surface area contributed by atoms with E-state index in [0.29, 0.717) is 11.4 Å². The van der Waals surface area contributed by atoms with Crippen molar-refractivity contribution in [2.45, 2.75) is 24.8 Å². The Balaban J connectivity index is 1.75. The lowest BCUT2D eigenvalue weighted by molar-refractivity contribution is -0.123. The van der Waals surface area contributed by atoms with Gasteiger partial charge in [0.2, 0.25) is 10.0 Å². The van der Waals surface area contributed by atoms with E-state index in [1.54, 1.807) is 42.9 Å². The number of sulfonamides is 1. The Kier molecular flexibility index (Phi) is 6.32. The predicted molar refractivity (Wildman–Crippen MR) is 117 cm³/mol. The number of primary sulfonamides is 1. The van der Waals surface area contributed by atoms with Gasteiger partial charge in [-0.15, -0.1) is 0 Å². The Morgan fingerprint density at radius 1 is 1.06 bits per heavy atom. The molecule has 1 heterocycles. The minimum absolute atomic E-state index is 0.0411. The fourth-order valence-electron chi connectivity index (χ4n) is 3.00. The zero-order valence-electron chi connectivity index (χ0n) is 17.6. The van der Waals surface area contributed by atoms with Crippen molar-refractivity contribution in [3.8, 4) is 5.69 Å². The number of amides is 1. The van der Waals surface area contributed by atoms with Crippen molar-refractivity contribution in [3.63, 3.8) is 0 Å². The fourth-order valence-corrected chi connectivity index (χ4v) is 3.52. The summed E-state index contributed by atoms with van der Waals surface area (Å²) in [5, 5.41) is 7.55. The molecule has 0 radical (unpaired) electrons. The number of anilines is 1. The van der Waals surface area contributed by atoms with Crippen LogP contribution in [-0.4, -0.2) is 35.8 Å². The third-order valence-electron chi connectivity index (χ3n) is 4.87. The van der Waals surface area contributed by atoms with Gasteiger partial charge in [0.15, 0.2) is 6.10 Å². The van der Waals surface area contributed by atoms with E-state index in [0.717, 1.165) is 12.1 Å². The molecule has 0 aliphatic heterocycles. The molecule has 1 aromatic heterocycles. The molecule has 0 bridgehead atoms. The molecule has 0 spiro atoms. The number of nitrogens with two attached hydrogens (primary N) is 1. The second-order valence-electron chi connectivity index (χ2n) is 7.04. The normalized spacial score (nSPS) is 12.2. The summed E-state index contributed by atoms with van der Waals surface area (Å²) in [5.74, 6) is -1.52. The average Bonchev–Trinajstić information content (AvgIpc) is 2.96. The first-order valence-corrected chi connectivity index (χ1v) is 11.0. The minimum Gasteiger partial charge on any atom is -0.449 e. The van der Waals surface area contributed by atoms with Gasteiger partial charge < -0.3 is 10.1 Å². The molecule has 0 saturated carbocycles. The Bertz CT molecular complexity index is 1330. The number of aromatic nitrogens is 2. The lowest BCUT2D eigenvalue weighted by Crippen LogP contribution is -2.32. The fraction of sp³-hybridized carbons (Fsp3) is 0.190. The zero-order valence-corrected chi connectivity index (χ0v) is 18.4. The minimum atomic E-state index is -3.90. The molecule has 1 atom stereocenters. The highest BCUT2D eigenvalue weighted by molar-refractivity contribution is 7.89. The molecular weight excluding hydrogens is 436 g/mol. The van der Waals surface area contributed by atoms with Crippen molar-refractivity contribution < 1.29 is 22.7 Å². The second kappa shape index (κ2) is 8.81. The molecule has 32 heavy (non-hydrogen) atoms. The molecule has 3 N–H and O–H groups in total. The van der Waals surface area contributed by atoms with Crippen LogP contribution in [0, 0.1) is 6.92 Å². The smallest absolute Gasteiger partial charge is 0.338 e. The Morgan fingerprint density at radius 3 is 2.22 bits per heavy atom. The van der Waals surface area contributed by atoms with Crippen LogP contribution >= 0.6 is 0 Å². The predicted octanol–water partition coefficient (Wildman–Crippen LogP) is 1.32. The van der Waals surface area contributed by atoms with Crippen LogP contribution in [0.2, 0.25) is 0 Å². The van der Waals surface area contributed by atoms with Gasteiger partial charge in [0.05, 0.1) is 21.8 Å². The van der Waals surface area contributed by atoms with E-state index >= 15 is 0 Å². The topological polar surface area (TPSA) is 142 Å². The zero-order chi connectivity index (χ0) is 23.6. The number of nitrogens with one attached hydrogen (secondary N) is 1. The number of ether oxygens (including phenoxy) is 1. The molecule has 3 aromatic rings. The quantitative estimate of drug-likeness (QED) is 0.534. The number of carbonyl (C=O) groups excluding carboxylic acids is 2. The standard InChI is InChI=1S/C21H22N4O6S/c1-13-18(20(27)25(24(13)3)16-7-5-4-6-8-16)23-19(26)14(2)31-21(28)15-9-11-17(12-10-15)32(22,29)30/h4-12,14H,1-3H3,(H,23,26)(H2,22,29,30). The molecule has 11 heteroatoms. The van der Waals surface area contributed by atoms with Crippen LogP contribution in [0.1, 0.15) is 23.0 Å². The van der Waals surface area contributed by atoms with Crippen LogP contribution in [0.5, 0.6) is 0 Å². The number of esters is 1. The molecule has 0 aliphatic carbocycles. The van der Waals surface area contributed by atoms with E-state index in [1.807, 2.05) is 6.07 Å². The number of rotatable bonds is 6. The SMILES string of the molecule is Cc1c(NC(=O)C(C)OC(=O)c2ccc(S(N)(=O)=O)cc2)c(=O)n(-c2ccccc2)n1C. The van der Waals surface area contributed by atoms with Gasteiger partial charge in [0, 0.05) is 7.05 Å². The van der Waals surface area contributed by atoms with Crippen molar-refractivity contribution in [3.05, 3.63) is 76.2 Å². The van der Waals surface area contributed by atoms with Gasteiger partial charge in [-0.25, -0.2) is 23.0 Å². The third kappa shape index (κ3) is 4.63. The Morgan fingerprint density at radius 2 is 1.66 bits per heavy atom. The van der Waals surface area contributed by atoms with Gasteiger partial charge in [-0.3, -0.25) is 14.3 Å². The summed E-state index contributed by atoms with van der Waals surface area (Å²) in [7, 11) is -2.21. The van der Waals surface area contributed by atoms with E-state index in [1.165, 1.54) is 23.7 Å². The third-order valence-corrected chi connectivity index (χ3v) is 5.80. The number of benzene rings is 2. The molecule has 3 rings (SSSR count). The maximum Gasteiger partial charge on any atom is 0.338 e. The van der Waals surface area contributed by atoms with Crippen molar-refractivity contribution in [1.82, 2.24) is 9.36 Å². The van der Waals surface area contributed by atoms with Crippen molar-refractivity contribution >= 4 is 27.6 Å². The maximum atomic E-state index is 12.9. The lowest BCUT2D eigenvalue weighted by Gasteiger charge is -2.13. The van der Waals surface area contributed by atoms with E-state index in [9.17, 15) is 22.8 Å². The van der Waals surface area contributed by atoms with Gasteiger partial charge in [0.25, 0.3) is 11.5 Å². The largest absolute Gasteiger partial charge is 0.449 e. The molecule has 0 saturated heterocycles. The van der Waals surface area contributed by atoms with Gasteiger partial charge >= 0.3 is 5.97 Å². The second-order valence-corrected chi connectivity index (χ2v) is 8.60. The van der Waals surface area contributed by atoms with Gasteiger partial charge in [-0.05, 0) is 50.2 Å². The van der Waals surface area contributed by atoms with Gasteiger partial charge in [-0.2, -0.15) is 0 Å². The first-order valence-electron chi connectivity index (χ1n) is 9.49.